The first-order valence-electron chi connectivity index (χ1n) is 7.06. The van der Waals surface area contributed by atoms with Gasteiger partial charge < -0.3 is 14.6 Å². The van der Waals surface area contributed by atoms with Gasteiger partial charge in [-0.05, 0) is 26.7 Å². The molecule has 1 spiro atoms. The Bertz CT molecular complexity index is 204. The molecule has 2 fully saturated rings. The highest BCUT2D eigenvalue weighted by Crippen LogP contribution is 2.41. The zero-order valence-electron chi connectivity index (χ0n) is 12.4. The maximum atomic E-state index is 9.89. The van der Waals surface area contributed by atoms with Crippen molar-refractivity contribution >= 4 is 0 Å². The number of aliphatic hydroxyl groups excluding tert-OH is 1. The smallest absolute Gasteiger partial charge is 0.163 e. The van der Waals surface area contributed by atoms with E-state index in [0.29, 0.717) is 6.61 Å². The lowest BCUT2D eigenvalue weighted by Crippen LogP contribution is -2.48. The number of hydrogen-bond acceptors (Lipinski definition) is 3. The van der Waals surface area contributed by atoms with Gasteiger partial charge in [-0.1, -0.05) is 40.5 Å². The Kier molecular flexibility index (Phi) is 7.29. The molecule has 3 nitrogen and oxygen atoms in total. The lowest BCUT2D eigenvalue weighted by Gasteiger charge is -2.37. The molecule has 1 aliphatic heterocycles. The zero-order chi connectivity index (χ0) is 13.5. The summed E-state index contributed by atoms with van der Waals surface area (Å²) in [6.45, 7) is 12.4. The summed E-state index contributed by atoms with van der Waals surface area (Å²) in [5.74, 6) is -0.516. The standard InChI is InChI=1S/C10H18O3.2C2H6/c1-9(2)12-7-10(13-9)6-4-3-5-8(10)11;2*1-2/h8,11H,3-7H2,1-2H3;2*1-2H3/t8?,10-;;/m0../s1. The third-order valence-corrected chi connectivity index (χ3v) is 3.05. The van der Waals surface area contributed by atoms with E-state index >= 15 is 0 Å². The minimum Gasteiger partial charge on any atom is -0.390 e. The van der Waals surface area contributed by atoms with Crippen LogP contribution < -0.4 is 0 Å². The van der Waals surface area contributed by atoms with E-state index in [1.807, 2.05) is 41.5 Å². The molecular weight excluding hydrogens is 216 g/mol. The van der Waals surface area contributed by atoms with Crippen LogP contribution in [-0.4, -0.2) is 29.2 Å². The van der Waals surface area contributed by atoms with Crippen LogP contribution in [0.25, 0.3) is 0 Å². The molecule has 3 heteroatoms. The van der Waals surface area contributed by atoms with Crippen molar-refractivity contribution in [2.75, 3.05) is 6.61 Å². The molecule has 17 heavy (non-hydrogen) atoms. The van der Waals surface area contributed by atoms with E-state index in [4.69, 9.17) is 9.47 Å². The van der Waals surface area contributed by atoms with Gasteiger partial charge in [0.2, 0.25) is 0 Å². The van der Waals surface area contributed by atoms with Gasteiger partial charge in [-0.15, -0.1) is 0 Å². The fourth-order valence-corrected chi connectivity index (χ4v) is 2.32. The highest BCUT2D eigenvalue weighted by atomic mass is 16.8. The summed E-state index contributed by atoms with van der Waals surface area (Å²) in [4.78, 5) is 0. The van der Waals surface area contributed by atoms with Crippen molar-refractivity contribution in [1.29, 1.82) is 0 Å². The third-order valence-electron chi connectivity index (χ3n) is 3.05. The minimum absolute atomic E-state index is 0.344. The maximum Gasteiger partial charge on any atom is 0.163 e. The van der Waals surface area contributed by atoms with Crippen molar-refractivity contribution in [3.05, 3.63) is 0 Å². The Morgan fingerprint density at radius 2 is 1.65 bits per heavy atom. The van der Waals surface area contributed by atoms with Crippen molar-refractivity contribution in [1.82, 2.24) is 0 Å². The molecular formula is C14H30O3. The average Bonchev–Trinajstić information content (AvgIpc) is 2.65. The first-order valence-corrected chi connectivity index (χ1v) is 7.06. The molecule has 1 unspecified atom stereocenters. The van der Waals surface area contributed by atoms with Crippen LogP contribution >= 0.6 is 0 Å². The molecule has 2 rings (SSSR count). The van der Waals surface area contributed by atoms with Crippen molar-refractivity contribution in [2.24, 2.45) is 0 Å². The van der Waals surface area contributed by atoms with E-state index in [0.717, 1.165) is 25.7 Å². The van der Waals surface area contributed by atoms with Gasteiger partial charge in [0.1, 0.15) is 5.60 Å². The van der Waals surface area contributed by atoms with Crippen molar-refractivity contribution in [3.8, 4) is 0 Å². The van der Waals surface area contributed by atoms with Gasteiger partial charge >= 0.3 is 0 Å². The fourth-order valence-electron chi connectivity index (χ4n) is 2.32. The Morgan fingerprint density at radius 1 is 1.06 bits per heavy atom. The molecule has 1 heterocycles. The number of ether oxygens (including phenoxy) is 2. The third kappa shape index (κ3) is 4.23. The largest absolute Gasteiger partial charge is 0.390 e. The lowest BCUT2D eigenvalue weighted by atomic mass is 9.83. The van der Waals surface area contributed by atoms with Gasteiger partial charge in [0.15, 0.2) is 5.79 Å². The first kappa shape index (κ1) is 16.9. The van der Waals surface area contributed by atoms with E-state index < -0.39 is 11.4 Å². The molecule has 0 amide bonds. The second-order valence-electron chi connectivity index (χ2n) is 4.62. The molecule has 1 N–H and O–H groups in total. The Labute approximate surface area is 107 Å². The Balaban J connectivity index is 0.000000581. The number of hydrogen-bond donors (Lipinski definition) is 1. The van der Waals surface area contributed by atoms with Gasteiger partial charge in [-0.2, -0.15) is 0 Å². The summed E-state index contributed by atoms with van der Waals surface area (Å²) in [5.41, 5.74) is -0.401. The summed E-state index contributed by atoms with van der Waals surface area (Å²) in [5, 5.41) is 9.89. The molecule has 1 saturated carbocycles. The molecule has 1 saturated heterocycles. The van der Waals surface area contributed by atoms with E-state index in [9.17, 15) is 5.11 Å². The Hall–Kier alpha value is -0.120. The molecule has 1 aliphatic carbocycles. The fraction of sp³-hybridized carbons (Fsp3) is 1.00. The van der Waals surface area contributed by atoms with Gasteiger partial charge in [-0.25, -0.2) is 0 Å². The molecule has 0 bridgehead atoms. The first-order chi connectivity index (χ1) is 8.04. The molecule has 0 radical (unpaired) electrons. The van der Waals surface area contributed by atoms with E-state index in [1.54, 1.807) is 0 Å². The highest BCUT2D eigenvalue weighted by molar-refractivity contribution is 4.96. The quantitative estimate of drug-likeness (QED) is 0.711. The predicted molar refractivity (Wildman–Crippen MR) is 71.0 cm³/mol. The number of aliphatic hydroxyl groups is 1. The van der Waals surface area contributed by atoms with Gasteiger partial charge in [0.25, 0.3) is 0 Å². The lowest BCUT2D eigenvalue weighted by molar-refractivity contribution is -0.192. The van der Waals surface area contributed by atoms with Crippen molar-refractivity contribution in [3.63, 3.8) is 0 Å². The average molecular weight is 246 g/mol. The van der Waals surface area contributed by atoms with E-state index in [2.05, 4.69) is 0 Å². The highest BCUT2D eigenvalue weighted by Gasteiger charge is 2.50. The van der Waals surface area contributed by atoms with E-state index in [-0.39, 0.29) is 6.10 Å². The summed E-state index contributed by atoms with van der Waals surface area (Å²) < 4.78 is 11.3. The normalized spacial score (nSPS) is 34.4. The van der Waals surface area contributed by atoms with Crippen molar-refractivity contribution < 1.29 is 14.6 Å². The van der Waals surface area contributed by atoms with Crippen LogP contribution in [0.3, 0.4) is 0 Å². The SMILES string of the molecule is CC.CC.CC1(C)OC[C@]2(CCCCC2O)O1. The van der Waals surface area contributed by atoms with Crippen LogP contribution in [0.4, 0.5) is 0 Å². The predicted octanol–water partition coefficient (Wildman–Crippen LogP) is 3.50. The molecule has 0 aromatic rings. The molecule has 104 valence electrons. The molecule has 0 aromatic heterocycles. The Morgan fingerprint density at radius 3 is 2.06 bits per heavy atom. The molecule has 0 aromatic carbocycles. The summed E-state index contributed by atoms with van der Waals surface area (Å²) in [7, 11) is 0. The van der Waals surface area contributed by atoms with Crippen LogP contribution in [0.2, 0.25) is 0 Å². The summed E-state index contributed by atoms with van der Waals surface area (Å²) >= 11 is 0. The van der Waals surface area contributed by atoms with Crippen LogP contribution in [0.5, 0.6) is 0 Å². The minimum atomic E-state index is -0.516. The van der Waals surface area contributed by atoms with Crippen LogP contribution in [0, 0.1) is 0 Å². The van der Waals surface area contributed by atoms with Crippen LogP contribution in [0.1, 0.15) is 67.2 Å². The number of rotatable bonds is 0. The zero-order valence-corrected chi connectivity index (χ0v) is 12.4. The van der Waals surface area contributed by atoms with Crippen LogP contribution in [0.15, 0.2) is 0 Å². The monoisotopic (exact) mass is 246 g/mol. The second-order valence-corrected chi connectivity index (χ2v) is 4.62. The maximum absolute atomic E-state index is 9.89. The molecule has 2 aliphatic rings. The van der Waals surface area contributed by atoms with Crippen molar-refractivity contribution in [2.45, 2.75) is 84.7 Å². The van der Waals surface area contributed by atoms with Gasteiger partial charge in [0, 0.05) is 0 Å². The van der Waals surface area contributed by atoms with E-state index in [1.165, 1.54) is 0 Å². The van der Waals surface area contributed by atoms with Gasteiger partial charge in [0.05, 0.1) is 12.7 Å². The topological polar surface area (TPSA) is 38.7 Å². The van der Waals surface area contributed by atoms with Gasteiger partial charge in [-0.3, -0.25) is 0 Å². The summed E-state index contributed by atoms with van der Waals surface area (Å²) in [6.07, 6.45) is 3.67. The summed E-state index contributed by atoms with van der Waals surface area (Å²) in [6, 6.07) is 0. The molecule has 2 atom stereocenters. The second kappa shape index (κ2) is 7.34. The van der Waals surface area contributed by atoms with Crippen LogP contribution in [-0.2, 0) is 9.47 Å².